The van der Waals surface area contributed by atoms with Crippen LogP contribution in [0.15, 0.2) is 18.2 Å². The van der Waals surface area contributed by atoms with Crippen molar-refractivity contribution in [2.24, 2.45) is 11.7 Å². The summed E-state index contributed by atoms with van der Waals surface area (Å²) in [4.78, 5) is 0. The lowest BCUT2D eigenvalue weighted by molar-refractivity contribution is 0.109. The van der Waals surface area contributed by atoms with Gasteiger partial charge in [-0.1, -0.05) is 13.0 Å². The molecule has 2 N–H and O–H groups in total. The Kier molecular flexibility index (Phi) is 8.09. The van der Waals surface area contributed by atoms with Crippen LogP contribution in [-0.2, 0) is 17.8 Å². The van der Waals surface area contributed by atoms with Crippen LogP contribution in [0, 0.1) is 5.92 Å². The van der Waals surface area contributed by atoms with Crippen molar-refractivity contribution in [3.63, 3.8) is 0 Å². The highest BCUT2D eigenvalue weighted by molar-refractivity contribution is 5.85. The minimum atomic E-state index is 0. The molecular formula is C17H28ClNO2. The zero-order valence-electron chi connectivity index (χ0n) is 13.1. The first kappa shape index (κ1) is 18.3. The Morgan fingerprint density at radius 1 is 1.29 bits per heavy atom. The molecule has 1 unspecified atom stereocenters. The number of halogens is 1. The lowest BCUT2D eigenvalue weighted by atomic mass is 10.0. The molecule has 0 heterocycles. The third kappa shape index (κ3) is 6.25. The van der Waals surface area contributed by atoms with E-state index in [0.717, 1.165) is 36.7 Å². The first-order chi connectivity index (χ1) is 9.72. The summed E-state index contributed by atoms with van der Waals surface area (Å²) < 4.78 is 11.5. The van der Waals surface area contributed by atoms with Gasteiger partial charge in [-0.15, -0.1) is 12.4 Å². The van der Waals surface area contributed by atoms with Crippen LogP contribution in [-0.4, -0.2) is 19.3 Å². The predicted molar refractivity (Wildman–Crippen MR) is 89.2 cm³/mol. The summed E-state index contributed by atoms with van der Waals surface area (Å²) in [5, 5.41) is 0. The van der Waals surface area contributed by atoms with Gasteiger partial charge in [-0.3, -0.25) is 0 Å². The lowest BCUT2D eigenvalue weighted by Gasteiger charge is -2.14. The Morgan fingerprint density at radius 3 is 2.67 bits per heavy atom. The summed E-state index contributed by atoms with van der Waals surface area (Å²) in [7, 11) is 0. The predicted octanol–water partition coefficient (Wildman–Crippen LogP) is 3.71. The molecule has 1 aliphatic carbocycles. The summed E-state index contributed by atoms with van der Waals surface area (Å²) >= 11 is 0. The van der Waals surface area contributed by atoms with Gasteiger partial charge in [-0.05, 0) is 56.2 Å². The second-order valence-electron chi connectivity index (χ2n) is 5.71. The smallest absolute Gasteiger partial charge is 0.124 e. The van der Waals surface area contributed by atoms with Crippen LogP contribution in [0.1, 0.15) is 44.2 Å². The highest BCUT2D eigenvalue weighted by Crippen LogP contribution is 2.30. The van der Waals surface area contributed by atoms with E-state index in [1.165, 1.54) is 18.4 Å². The molecular weight excluding hydrogens is 286 g/mol. The molecule has 1 saturated carbocycles. The number of ether oxygens (including phenoxy) is 2. The normalized spacial score (nSPS) is 15.4. The van der Waals surface area contributed by atoms with Gasteiger partial charge in [0.05, 0.1) is 13.2 Å². The van der Waals surface area contributed by atoms with Crippen LogP contribution in [0.5, 0.6) is 5.75 Å². The van der Waals surface area contributed by atoms with Gasteiger partial charge < -0.3 is 15.2 Å². The highest BCUT2D eigenvalue weighted by Gasteiger charge is 2.21. The zero-order chi connectivity index (χ0) is 14.4. The van der Waals surface area contributed by atoms with Gasteiger partial charge in [0.25, 0.3) is 0 Å². The van der Waals surface area contributed by atoms with Gasteiger partial charge in [0.1, 0.15) is 5.75 Å². The van der Waals surface area contributed by atoms with Crippen LogP contribution in [0.4, 0.5) is 0 Å². The van der Waals surface area contributed by atoms with Crippen LogP contribution >= 0.6 is 12.4 Å². The van der Waals surface area contributed by atoms with E-state index in [0.29, 0.717) is 13.2 Å². The van der Waals surface area contributed by atoms with Gasteiger partial charge in [0, 0.05) is 18.2 Å². The van der Waals surface area contributed by atoms with Crippen molar-refractivity contribution in [1.29, 1.82) is 0 Å². The maximum absolute atomic E-state index is 6.04. The maximum atomic E-state index is 6.04. The number of rotatable bonds is 9. The lowest BCUT2D eigenvalue weighted by Crippen LogP contribution is -2.21. The van der Waals surface area contributed by atoms with E-state index >= 15 is 0 Å². The number of hydrogen-bond acceptors (Lipinski definition) is 3. The molecule has 0 aromatic heterocycles. The molecule has 0 bridgehead atoms. The van der Waals surface area contributed by atoms with E-state index in [1.54, 1.807) is 0 Å². The molecule has 0 radical (unpaired) electrons. The second kappa shape index (κ2) is 9.29. The van der Waals surface area contributed by atoms with Gasteiger partial charge >= 0.3 is 0 Å². The van der Waals surface area contributed by atoms with Crippen molar-refractivity contribution < 1.29 is 9.47 Å². The van der Waals surface area contributed by atoms with E-state index < -0.39 is 0 Å². The molecule has 0 aliphatic heterocycles. The maximum Gasteiger partial charge on any atom is 0.124 e. The van der Waals surface area contributed by atoms with Gasteiger partial charge in [-0.25, -0.2) is 0 Å². The van der Waals surface area contributed by atoms with Crippen molar-refractivity contribution in [3.8, 4) is 5.75 Å². The van der Waals surface area contributed by atoms with Crippen molar-refractivity contribution in [2.75, 3.05) is 13.2 Å². The van der Waals surface area contributed by atoms with Crippen LogP contribution < -0.4 is 10.5 Å². The Bertz CT molecular complexity index is 421. The zero-order valence-corrected chi connectivity index (χ0v) is 14.0. The Hall–Kier alpha value is -0.770. The monoisotopic (exact) mass is 313 g/mol. The first-order valence-corrected chi connectivity index (χ1v) is 7.80. The molecule has 4 heteroatoms. The quantitative estimate of drug-likeness (QED) is 0.756. The third-order valence-corrected chi connectivity index (χ3v) is 3.76. The Balaban J connectivity index is 0.00000220. The summed E-state index contributed by atoms with van der Waals surface area (Å²) in [5.74, 6) is 1.74. The molecule has 1 atom stereocenters. The molecule has 2 rings (SSSR count). The average molecular weight is 314 g/mol. The Morgan fingerprint density at radius 2 is 2.05 bits per heavy atom. The van der Waals surface area contributed by atoms with Crippen LogP contribution in [0.2, 0.25) is 0 Å². The molecule has 0 saturated heterocycles. The van der Waals surface area contributed by atoms with E-state index in [-0.39, 0.29) is 18.4 Å². The summed E-state index contributed by atoms with van der Waals surface area (Å²) in [6.45, 7) is 6.34. The van der Waals surface area contributed by atoms with Crippen LogP contribution in [0.25, 0.3) is 0 Å². The number of hydrogen-bond donors (Lipinski definition) is 1. The molecule has 1 aromatic carbocycles. The van der Waals surface area contributed by atoms with Gasteiger partial charge in [0.2, 0.25) is 0 Å². The summed E-state index contributed by atoms with van der Waals surface area (Å²) in [6.07, 6.45) is 4.56. The second-order valence-corrected chi connectivity index (χ2v) is 5.71. The Labute approximate surface area is 134 Å². The molecule has 21 heavy (non-hydrogen) atoms. The first-order valence-electron chi connectivity index (χ1n) is 7.80. The van der Waals surface area contributed by atoms with Crippen molar-refractivity contribution >= 4 is 12.4 Å². The van der Waals surface area contributed by atoms with Gasteiger partial charge in [0.15, 0.2) is 0 Å². The molecule has 0 amide bonds. The molecule has 0 spiro atoms. The largest absolute Gasteiger partial charge is 0.494 e. The minimum Gasteiger partial charge on any atom is -0.494 e. The third-order valence-electron chi connectivity index (χ3n) is 3.76. The summed E-state index contributed by atoms with van der Waals surface area (Å²) in [5.41, 5.74) is 8.46. The fourth-order valence-electron chi connectivity index (χ4n) is 2.24. The van der Waals surface area contributed by atoms with E-state index in [2.05, 4.69) is 25.1 Å². The van der Waals surface area contributed by atoms with Crippen LogP contribution in [0.3, 0.4) is 0 Å². The molecule has 1 aliphatic rings. The minimum absolute atomic E-state index is 0. The SMILES string of the molecule is CCOc1ccc(CC(N)CC)cc1COCC1CC1.Cl. The van der Waals surface area contributed by atoms with Gasteiger partial charge in [-0.2, -0.15) is 0 Å². The molecule has 1 fully saturated rings. The highest BCUT2D eigenvalue weighted by atomic mass is 35.5. The standard InChI is InChI=1S/C17H27NO2.ClH/c1-3-16(18)10-14-7-8-17(20-4-2)15(9-14)12-19-11-13-5-6-13;/h7-9,13,16H,3-6,10-12,18H2,1-2H3;1H. The fourth-order valence-corrected chi connectivity index (χ4v) is 2.24. The molecule has 3 nitrogen and oxygen atoms in total. The fraction of sp³-hybridized carbons (Fsp3) is 0.647. The van der Waals surface area contributed by atoms with E-state index in [9.17, 15) is 0 Å². The topological polar surface area (TPSA) is 44.5 Å². The number of nitrogens with two attached hydrogens (primary N) is 1. The van der Waals surface area contributed by atoms with Crippen molar-refractivity contribution in [1.82, 2.24) is 0 Å². The summed E-state index contributed by atoms with van der Waals surface area (Å²) in [6, 6.07) is 6.59. The average Bonchev–Trinajstić information content (AvgIpc) is 3.25. The van der Waals surface area contributed by atoms with E-state index in [1.807, 2.05) is 6.92 Å². The van der Waals surface area contributed by atoms with E-state index in [4.69, 9.17) is 15.2 Å². The molecule has 120 valence electrons. The van der Waals surface area contributed by atoms with Crippen molar-refractivity contribution in [3.05, 3.63) is 29.3 Å². The molecule has 1 aromatic rings. The number of benzene rings is 1. The van der Waals surface area contributed by atoms with Crippen molar-refractivity contribution in [2.45, 2.75) is 52.2 Å².